The maximum atomic E-state index is 12.1. The predicted octanol–water partition coefficient (Wildman–Crippen LogP) is 4.69. The van der Waals surface area contributed by atoms with Crippen molar-refractivity contribution in [2.45, 2.75) is 20.3 Å². The molecule has 0 radical (unpaired) electrons. The monoisotopic (exact) mass is 309 g/mol. The van der Waals surface area contributed by atoms with Gasteiger partial charge in [0.05, 0.1) is 4.92 Å². The van der Waals surface area contributed by atoms with Crippen molar-refractivity contribution in [1.82, 2.24) is 0 Å². The van der Waals surface area contributed by atoms with Crippen LogP contribution < -0.4 is 0 Å². The summed E-state index contributed by atoms with van der Waals surface area (Å²) in [6.45, 7) is 4.31. The molecule has 0 saturated heterocycles. The van der Waals surface area contributed by atoms with Crippen molar-refractivity contribution in [3.63, 3.8) is 0 Å². The van der Waals surface area contributed by atoms with E-state index in [9.17, 15) is 14.9 Å². The summed E-state index contributed by atoms with van der Waals surface area (Å²) in [7, 11) is 0. The fourth-order valence-corrected chi connectivity index (χ4v) is 2.29. The van der Waals surface area contributed by atoms with Crippen molar-refractivity contribution in [2.75, 3.05) is 0 Å². The molecular weight excluding hydrogens is 290 g/mol. The molecule has 0 amide bonds. The highest BCUT2D eigenvalue weighted by Gasteiger charge is 2.05. The molecule has 0 aromatic heterocycles. The van der Waals surface area contributed by atoms with Crippen LogP contribution in [-0.4, -0.2) is 10.7 Å². The van der Waals surface area contributed by atoms with E-state index in [1.165, 1.54) is 23.8 Å². The van der Waals surface area contributed by atoms with Gasteiger partial charge in [-0.25, -0.2) is 0 Å². The number of carbonyl (C=O) groups excluding carboxylic acids is 1. The zero-order valence-electron chi connectivity index (χ0n) is 13.2. The molecular formula is C19H19NO3. The van der Waals surface area contributed by atoms with Gasteiger partial charge in [0.15, 0.2) is 5.78 Å². The van der Waals surface area contributed by atoms with Gasteiger partial charge in [-0.05, 0) is 29.5 Å². The maximum Gasteiger partial charge on any atom is 0.270 e. The smallest absolute Gasteiger partial charge is 0.270 e. The van der Waals surface area contributed by atoms with Crippen LogP contribution in [0.5, 0.6) is 0 Å². The summed E-state index contributed by atoms with van der Waals surface area (Å²) >= 11 is 0. The van der Waals surface area contributed by atoms with E-state index in [0.717, 1.165) is 6.42 Å². The number of nitro benzene ring substituents is 1. The fraction of sp³-hybridized carbons (Fsp3) is 0.211. The second-order valence-corrected chi connectivity index (χ2v) is 5.84. The van der Waals surface area contributed by atoms with Gasteiger partial charge >= 0.3 is 0 Å². The summed E-state index contributed by atoms with van der Waals surface area (Å²) in [4.78, 5) is 22.4. The van der Waals surface area contributed by atoms with Crippen LogP contribution in [0, 0.1) is 16.0 Å². The molecule has 2 aromatic rings. The normalized spacial score (nSPS) is 11.1. The number of hydrogen-bond donors (Lipinski definition) is 0. The average molecular weight is 309 g/mol. The molecule has 0 fully saturated rings. The third-order valence-electron chi connectivity index (χ3n) is 3.39. The molecule has 0 atom stereocenters. The molecule has 0 aliphatic carbocycles. The lowest BCUT2D eigenvalue weighted by atomic mass is 10.0. The van der Waals surface area contributed by atoms with Gasteiger partial charge in [0.1, 0.15) is 0 Å². The van der Waals surface area contributed by atoms with E-state index in [0.29, 0.717) is 17.0 Å². The van der Waals surface area contributed by atoms with Crippen molar-refractivity contribution in [2.24, 2.45) is 5.92 Å². The highest BCUT2D eigenvalue weighted by molar-refractivity contribution is 6.06. The minimum Gasteiger partial charge on any atom is -0.289 e. The molecule has 0 aliphatic heterocycles. The fourth-order valence-electron chi connectivity index (χ4n) is 2.29. The summed E-state index contributed by atoms with van der Waals surface area (Å²) in [5.41, 5.74) is 2.46. The first-order valence-corrected chi connectivity index (χ1v) is 7.51. The molecule has 0 saturated carbocycles. The molecule has 2 aromatic carbocycles. The van der Waals surface area contributed by atoms with Crippen LogP contribution in [0.2, 0.25) is 0 Å². The minimum atomic E-state index is -0.452. The second kappa shape index (κ2) is 7.49. The third-order valence-corrected chi connectivity index (χ3v) is 3.39. The molecule has 118 valence electrons. The van der Waals surface area contributed by atoms with E-state index in [1.54, 1.807) is 18.2 Å². The number of allylic oxidation sites excluding steroid dienone is 1. The van der Waals surface area contributed by atoms with Gasteiger partial charge in [-0.1, -0.05) is 56.3 Å². The van der Waals surface area contributed by atoms with Crippen molar-refractivity contribution in [3.05, 3.63) is 81.4 Å². The van der Waals surface area contributed by atoms with Crippen LogP contribution in [-0.2, 0) is 6.42 Å². The Labute approximate surface area is 135 Å². The van der Waals surface area contributed by atoms with Crippen molar-refractivity contribution in [3.8, 4) is 0 Å². The van der Waals surface area contributed by atoms with E-state index in [-0.39, 0.29) is 11.5 Å². The topological polar surface area (TPSA) is 60.2 Å². The lowest BCUT2D eigenvalue weighted by Crippen LogP contribution is -1.97. The van der Waals surface area contributed by atoms with Gasteiger partial charge in [0.2, 0.25) is 0 Å². The van der Waals surface area contributed by atoms with E-state index >= 15 is 0 Å². The summed E-state index contributed by atoms with van der Waals surface area (Å²) in [5, 5.41) is 10.7. The summed E-state index contributed by atoms with van der Waals surface area (Å²) in [5.74, 6) is 0.456. The van der Waals surface area contributed by atoms with Crippen molar-refractivity contribution in [1.29, 1.82) is 0 Å². The number of carbonyl (C=O) groups is 1. The molecule has 0 spiro atoms. The Morgan fingerprint density at radius 2 is 1.87 bits per heavy atom. The Bertz CT molecular complexity index is 731. The van der Waals surface area contributed by atoms with Crippen LogP contribution in [0.1, 0.15) is 35.3 Å². The summed E-state index contributed by atoms with van der Waals surface area (Å²) in [6, 6.07) is 13.8. The van der Waals surface area contributed by atoms with Gasteiger partial charge in [0, 0.05) is 17.7 Å². The zero-order chi connectivity index (χ0) is 16.8. The first-order chi connectivity index (χ1) is 11.0. The van der Waals surface area contributed by atoms with E-state index in [2.05, 4.69) is 13.8 Å². The van der Waals surface area contributed by atoms with Gasteiger partial charge in [-0.3, -0.25) is 14.9 Å². The highest BCUT2D eigenvalue weighted by Crippen LogP contribution is 2.15. The standard InChI is InChI=1S/C19H19NO3/c1-14(2)12-16-6-9-17(10-7-16)19(21)11-8-15-4-3-5-18(13-15)20(22)23/h3-11,13-14H,12H2,1-2H3/b11-8+. The lowest BCUT2D eigenvalue weighted by Gasteiger charge is -2.05. The number of ketones is 1. The minimum absolute atomic E-state index is 0.0117. The largest absolute Gasteiger partial charge is 0.289 e. The molecule has 2 rings (SSSR count). The van der Waals surface area contributed by atoms with E-state index in [4.69, 9.17) is 0 Å². The third kappa shape index (κ3) is 4.88. The molecule has 23 heavy (non-hydrogen) atoms. The van der Waals surface area contributed by atoms with Gasteiger partial charge in [0.25, 0.3) is 5.69 Å². The molecule has 0 unspecified atom stereocenters. The van der Waals surface area contributed by atoms with E-state index in [1.807, 2.05) is 24.3 Å². The van der Waals surface area contributed by atoms with Crippen LogP contribution in [0.15, 0.2) is 54.6 Å². The SMILES string of the molecule is CC(C)Cc1ccc(C(=O)/C=C/c2cccc([N+](=O)[O-])c2)cc1. The summed E-state index contributed by atoms with van der Waals surface area (Å²) in [6.07, 6.45) is 4.02. The number of nitrogens with zero attached hydrogens (tertiary/aromatic N) is 1. The second-order valence-electron chi connectivity index (χ2n) is 5.84. The Morgan fingerprint density at radius 1 is 1.17 bits per heavy atom. The van der Waals surface area contributed by atoms with Crippen molar-refractivity contribution >= 4 is 17.5 Å². The Balaban J connectivity index is 2.09. The molecule has 4 nitrogen and oxygen atoms in total. The lowest BCUT2D eigenvalue weighted by molar-refractivity contribution is -0.384. The van der Waals surface area contributed by atoms with Crippen LogP contribution in [0.25, 0.3) is 6.08 Å². The molecule has 0 heterocycles. The van der Waals surface area contributed by atoms with Gasteiger partial charge in [-0.15, -0.1) is 0 Å². The highest BCUT2D eigenvalue weighted by atomic mass is 16.6. The quantitative estimate of drug-likeness (QED) is 0.336. The summed E-state index contributed by atoms with van der Waals surface area (Å²) < 4.78 is 0. The number of benzene rings is 2. The first-order valence-electron chi connectivity index (χ1n) is 7.51. The first kappa shape index (κ1) is 16.6. The molecule has 0 bridgehead atoms. The van der Waals surface area contributed by atoms with Crippen molar-refractivity contribution < 1.29 is 9.72 Å². The molecule has 0 aliphatic rings. The number of non-ortho nitro benzene ring substituents is 1. The Kier molecular flexibility index (Phi) is 5.41. The number of hydrogen-bond acceptors (Lipinski definition) is 3. The van der Waals surface area contributed by atoms with Gasteiger partial charge < -0.3 is 0 Å². The molecule has 4 heteroatoms. The van der Waals surface area contributed by atoms with Crippen LogP contribution in [0.4, 0.5) is 5.69 Å². The number of rotatable bonds is 6. The number of nitro groups is 1. The Morgan fingerprint density at radius 3 is 2.48 bits per heavy atom. The average Bonchev–Trinajstić information content (AvgIpc) is 2.53. The Hall–Kier alpha value is -2.75. The zero-order valence-corrected chi connectivity index (χ0v) is 13.2. The van der Waals surface area contributed by atoms with Crippen LogP contribution in [0.3, 0.4) is 0 Å². The molecule has 0 N–H and O–H groups in total. The predicted molar refractivity (Wildman–Crippen MR) is 91.4 cm³/mol. The van der Waals surface area contributed by atoms with Gasteiger partial charge in [-0.2, -0.15) is 0 Å². The van der Waals surface area contributed by atoms with E-state index < -0.39 is 4.92 Å². The maximum absolute atomic E-state index is 12.1. The van der Waals surface area contributed by atoms with Crippen LogP contribution >= 0.6 is 0 Å².